The molecule has 0 heterocycles. The van der Waals surface area contributed by atoms with Crippen molar-refractivity contribution in [3.05, 3.63) is 29.3 Å². The summed E-state index contributed by atoms with van der Waals surface area (Å²) in [5.41, 5.74) is 0. The minimum absolute atomic E-state index is 0.233. The van der Waals surface area contributed by atoms with E-state index in [4.69, 9.17) is 26.1 Å². The molecular weight excluding hydrogens is 239 g/mol. The molecule has 6 heteroatoms. The maximum atomic E-state index is 11.0. The number of benzene rings is 1. The minimum atomic E-state index is -4.22. The molecule has 0 saturated heterocycles. The van der Waals surface area contributed by atoms with Crippen LogP contribution in [0.3, 0.4) is 0 Å². The van der Waals surface area contributed by atoms with Gasteiger partial charge in [0.1, 0.15) is 5.75 Å². The Kier molecular flexibility index (Phi) is 4.17. The van der Waals surface area contributed by atoms with Crippen molar-refractivity contribution in [1.29, 1.82) is 0 Å². The van der Waals surface area contributed by atoms with E-state index in [1.54, 1.807) is 25.1 Å². The van der Waals surface area contributed by atoms with E-state index in [0.29, 0.717) is 10.8 Å². The summed E-state index contributed by atoms with van der Waals surface area (Å²) >= 11 is 5.71. The minimum Gasteiger partial charge on any atom is -0.478 e. The molecule has 1 aromatic rings. The van der Waals surface area contributed by atoms with E-state index in [-0.39, 0.29) is 6.42 Å². The van der Waals surface area contributed by atoms with Crippen molar-refractivity contribution in [3.63, 3.8) is 0 Å². The number of halogens is 1. The summed E-state index contributed by atoms with van der Waals surface area (Å²) in [7, 11) is -4.22. The normalized spacial score (nSPS) is 13.6. The van der Waals surface area contributed by atoms with Crippen LogP contribution in [0.4, 0.5) is 0 Å². The van der Waals surface area contributed by atoms with E-state index in [9.17, 15) is 4.57 Å². The lowest BCUT2D eigenvalue weighted by Crippen LogP contribution is -2.15. The van der Waals surface area contributed by atoms with Crippen LogP contribution < -0.4 is 4.74 Å². The van der Waals surface area contributed by atoms with Crippen LogP contribution in [0.2, 0.25) is 5.02 Å². The standard InChI is InChI=1S/C9H12ClO4P/c1-2-9(15(11,12)13)14-8-5-3-4-7(10)6-8/h3-6,9H,2H2,1H3,(H2,11,12,13). The monoisotopic (exact) mass is 250 g/mol. The van der Waals surface area contributed by atoms with Crippen LogP contribution in [0.25, 0.3) is 0 Å². The van der Waals surface area contributed by atoms with Gasteiger partial charge in [-0.1, -0.05) is 24.6 Å². The lowest BCUT2D eigenvalue weighted by atomic mass is 10.3. The zero-order valence-electron chi connectivity index (χ0n) is 8.13. The summed E-state index contributed by atoms with van der Waals surface area (Å²) < 4.78 is 16.1. The number of hydrogen-bond donors (Lipinski definition) is 2. The fourth-order valence-corrected chi connectivity index (χ4v) is 2.00. The van der Waals surface area contributed by atoms with Gasteiger partial charge in [-0.15, -0.1) is 0 Å². The molecule has 2 N–H and O–H groups in total. The fraction of sp³-hybridized carbons (Fsp3) is 0.333. The Labute approximate surface area is 93.0 Å². The summed E-state index contributed by atoms with van der Waals surface area (Å²) in [5.74, 6) is -0.756. The molecule has 1 atom stereocenters. The van der Waals surface area contributed by atoms with Crippen molar-refractivity contribution >= 4 is 19.2 Å². The molecule has 0 amide bonds. The van der Waals surface area contributed by atoms with Gasteiger partial charge >= 0.3 is 7.60 Å². The van der Waals surface area contributed by atoms with Crippen molar-refractivity contribution < 1.29 is 19.1 Å². The van der Waals surface area contributed by atoms with Crippen molar-refractivity contribution in [2.75, 3.05) is 0 Å². The third kappa shape index (κ3) is 3.84. The van der Waals surface area contributed by atoms with Gasteiger partial charge in [-0.3, -0.25) is 4.57 Å². The molecule has 0 aliphatic carbocycles. The zero-order chi connectivity index (χ0) is 11.5. The summed E-state index contributed by atoms with van der Waals surface area (Å²) in [5, 5.41) is 0.466. The third-order valence-electron chi connectivity index (χ3n) is 1.79. The quantitative estimate of drug-likeness (QED) is 0.806. The van der Waals surface area contributed by atoms with E-state index in [0.717, 1.165) is 0 Å². The van der Waals surface area contributed by atoms with Crippen LogP contribution >= 0.6 is 19.2 Å². The smallest absolute Gasteiger partial charge is 0.365 e. The van der Waals surface area contributed by atoms with Gasteiger partial charge < -0.3 is 14.5 Å². The largest absolute Gasteiger partial charge is 0.478 e. The van der Waals surface area contributed by atoms with Crippen LogP contribution in [-0.4, -0.2) is 15.6 Å². The third-order valence-corrected chi connectivity index (χ3v) is 3.25. The molecule has 4 nitrogen and oxygen atoms in total. The van der Waals surface area contributed by atoms with Gasteiger partial charge in [0.2, 0.25) is 0 Å². The van der Waals surface area contributed by atoms with E-state index in [2.05, 4.69) is 0 Å². The Morgan fingerprint density at radius 1 is 1.53 bits per heavy atom. The number of rotatable bonds is 4. The first kappa shape index (κ1) is 12.5. The van der Waals surface area contributed by atoms with Gasteiger partial charge in [0.15, 0.2) is 5.85 Å². The summed E-state index contributed by atoms with van der Waals surface area (Å²) in [6.07, 6.45) is 0.233. The van der Waals surface area contributed by atoms with Gasteiger partial charge in [0.05, 0.1) is 0 Å². The highest BCUT2D eigenvalue weighted by atomic mass is 35.5. The maximum Gasteiger partial charge on any atom is 0.365 e. The molecule has 0 bridgehead atoms. The first-order chi connectivity index (χ1) is 6.93. The Bertz CT molecular complexity index is 376. The molecule has 0 saturated carbocycles. The molecule has 1 rings (SSSR count). The first-order valence-corrected chi connectivity index (χ1v) is 6.47. The molecule has 0 aliphatic rings. The molecular formula is C9H12ClO4P. The van der Waals surface area contributed by atoms with Crippen LogP contribution in [-0.2, 0) is 4.57 Å². The number of ether oxygens (including phenoxy) is 1. The Morgan fingerprint density at radius 3 is 2.67 bits per heavy atom. The highest BCUT2D eigenvalue weighted by molar-refractivity contribution is 7.52. The van der Waals surface area contributed by atoms with Crippen molar-refractivity contribution in [1.82, 2.24) is 0 Å². The Hall–Kier alpha value is -0.540. The van der Waals surface area contributed by atoms with E-state index < -0.39 is 13.4 Å². The average molecular weight is 251 g/mol. The van der Waals surface area contributed by atoms with Gasteiger partial charge in [0, 0.05) is 5.02 Å². The van der Waals surface area contributed by atoms with E-state index in [1.165, 1.54) is 6.07 Å². The predicted molar refractivity (Wildman–Crippen MR) is 58.2 cm³/mol. The topological polar surface area (TPSA) is 66.8 Å². The van der Waals surface area contributed by atoms with Crippen LogP contribution in [0.1, 0.15) is 13.3 Å². The molecule has 1 aromatic carbocycles. The molecule has 84 valence electrons. The van der Waals surface area contributed by atoms with Gasteiger partial charge in [-0.25, -0.2) is 0 Å². The molecule has 0 spiro atoms. The van der Waals surface area contributed by atoms with Crippen LogP contribution in [0.15, 0.2) is 24.3 Å². The fourth-order valence-electron chi connectivity index (χ4n) is 1.09. The van der Waals surface area contributed by atoms with E-state index >= 15 is 0 Å². The maximum absolute atomic E-state index is 11.0. The second kappa shape index (κ2) is 4.99. The molecule has 15 heavy (non-hydrogen) atoms. The zero-order valence-corrected chi connectivity index (χ0v) is 9.78. The summed E-state index contributed by atoms with van der Waals surface area (Å²) in [4.78, 5) is 17.9. The lowest BCUT2D eigenvalue weighted by Gasteiger charge is -2.18. The lowest BCUT2D eigenvalue weighted by molar-refractivity contribution is 0.219. The number of hydrogen-bond acceptors (Lipinski definition) is 2. The summed E-state index contributed by atoms with van der Waals surface area (Å²) in [6, 6.07) is 6.43. The van der Waals surface area contributed by atoms with Crippen molar-refractivity contribution in [2.45, 2.75) is 19.2 Å². The Balaban J connectivity index is 2.80. The van der Waals surface area contributed by atoms with Crippen LogP contribution in [0, 0.1) is 0 Å². The second-order valence-corrected chi connectivity index (χ2v) is 5.22. The second-order valence-electron chi connectivity index (χ2n) is 3.03. The average Bonchev–Trinajstić information content (AvgIpc) is 2.12. The first-order valence-electron chi connectivity index (χ1n) is 4.41. The van der Waals surface area contributed by atoms with E-state index in [1.807, 2.05) is 0 Å². The van der Waals surface area contributed by atoms with Crippen molar-refractivity contribution in [2.24, 2.45) is 0 Å². The summed E-state index contributed by atoms with van der Waals surface area (Å²) in [6.45, 7) is 1.65. The van der Waals surface area contributed by atoms with Gasteiger partial charge in [-0.05, 0) is 24.6 Å². The highest BCUT2D eigenvalue weighted by Crippen LogP contribution is 2.43. The van der Waals surface area contributed by atoms with Crippen molar-refractivity contribution in [3.8, 4) is 5.75 Å². The SMILES string of the molecule is CCC(Oc1cccc(Cl)c1)P(=O)(O)O. The molecule has 0 aliphatic heterocycles. The molecule has 0 aromatic heterocycles. The van der Waals surface area contributed by atoms with Crippen LogP contribution in [0.5, 0.6) is 5.75 Å². The Morgan fingerprint density at radius 2 is 2.20 bits per heavy atom. The predicted octanol–water partition coefficient (Wildman–Crippen LogP) is 2.63. The highest BCUT2D eigenvalue weighted by Gasteiger charge is 2.28. The van der Waals surface area contributed by atoms with Gasteiger partial charge in [-0.2, -0.15) is 0 Å². The van der Waals surface area contributed by atoms with Gasteiger partial charge in [0.25, 0.3) is 0 Å². The molecule has 0 fully saturated rings. The molecule has 1 unspecified atom stereocenters. The molecule has 0 radical (unpaired) electrons.